The van der Waals surface area contributed by atoms with Crippen LogP contribution >= 0.6 is 11.3 Å². The van der Waals surface area contributed by atoms with Gasteiger partial charge in [-0.05, 0) is 55.9 Å². The molecule has 0 fully saturated rings. The molecule has 1 atom stereocenters. The molecule has 1 aliphatic carbocycles. The van der Waals surface area contributed by atoms with E-state index in [2.05, 4.69) is 40.9 Å². The zero-order valence-electron chi connectivity index (χ0n) is 16.7. The van der Waals surface area contributed by atoms with Gasteiger partial charge in [0.1, 0.15) is 10.8 Å². The third-order valence-electron chi connectivity index (χ3n) is 5.51. The first kappa shape index (κ1) is 19.8. The first-order chi connectivity index (χ1) is 12.8. The van der Waals surface area contributed by atoms with Crippen LogP contribution < -0.4 is 0 Å². The Morgan fingerprint density at radius 2 is 2.00 bits per heavy atom. The number of hydrogen-bond acceptors (Lipinski definition) is 2. The molecule has 1 heterocycles. The summed E-state index contributed by atoms with van der Waals surface area (Å²) in [6.45, 7) is 17.0. The van der Waals surface area contributed by atoms with Gasteiger partial charge in [-0.3, -0.25) is 0 Å². The van der Waals surface area contributed by atoms with Crippen LogP contribution in [0.4, 0.5) is 4.39 Å². The summed E-state index contributed by atoms with van der Waals surface area (Å²) in [5.74, 6) is 0.362. The average Bonchev–Trinajstić information content (AvgIpc) is 3.11. The summed E-state index contributed by atoms with van der Waals surface area (Å²) in [5, 5.41) is 0.789. The lowest BCUT2D eigenvalue weighted by Gasteiger charge is -2.34. The van der Waals surface area contributed by atoms with Gasteiger partial charge in [0.15, 0.2) is 0 Å². The van der Waals surface area contributed by atoms with Gasteiger partial charge in [0, 0.05) is 22.3 Å². The zero-order chi connectivity index (χ0) is 19.8. The summed E-state index contributed by atoms with van der Waals surface area (Å²) in [6, 6.07) is 6.89. The van der Waals surface area contributed by atoms with Gasteiger partial charge in [-0.25, -0.2) is 9.37 Å². The number of hydrogen-bond donors (Lipinski definition) is 0. The van der Waals surface area contributed by atoms with Gasteiger partial charge in [0.25, 0.3) is 0 Å². The van der Waals surface area contributed by atoms with Crippen LogP contribution in [0.25, 0.3) is 10.6 Å². The highest BCUT2D eigenvalue weighted by molar-refractivity contribution is 7.15. The molecule has 0 radical (unpaired) electrons. The second-order valence-electron chi connectivity index (χ2n) is 8.12. The maximum atomic E-state index is 14.2. The van der Waals surface area contributed by atoms with Gasteiger partial charge in [0.05, 0.1) is 5.69 Å². The van der Waals surface area contributed by atoms with Crippen molar-refractivity contribution in [2.24, 2.45) is 11.3 Å². The normalized spacial score (nSPS) is 19.8. The summed E-state index contributed by atoms with van der Waals surface area (Å²) in [4.78, 5) is 6.12. The van der Waals surface area contributed by atoms with Crippen LogP contribution in [0.2, 0.25) is 0 Å². The van der Waals surface area contributed by atoms with Crippen molar-refractivity contribution < 1.29 is 4.39 Å². The first-order valence-electron chi connectivity index (χ1n) is 9.50. The Morgan fingerprint density at radius 1 is 1.30 bits per heavy atom. The van der Waals surface area contributed by atoms with Gasteiger partial charge < -0.3 is 0 Å². The highest BCUT2D eigenvalue weighted by Crippen LogP contribution is 2.51. The maximum Gasteiger partial charge on any atom is 0.133 e. The van der Waals surface area contributed by atoms with Crippen molar-refractivity contribution in [3.8, 4) is 10.6 Å². The van der Waals surface area contributed by atoms with Crippen molar-refractivity contribution in [1.29, 1.82) is 0 Å². The fourth-order valence-electron chi connectivity index (χ4n) is 4.32. The van der Waals surface area contributed by atoms with E-state index in [9.17, 15) is 4.39 Å². The molecule has 0 aliphatic heterocycles. The lowest BCUT2D eigenvalue weighted by molar-refractivity contribution is 0.300. The number of benzene rings is 1. The molecule has 1 unspecified atom stereocenters. The number of rotatable bonds is 6. The van der Waals surface area contributed by atoms with Gasteiger partial charge in [-0.2, -0.15) is 0 Å². The van der Waals surface area contributed by atoms with E-state index in [-0.39, 0.29) is 11.2 Å². The highest BCUT2D eigenvalue weighted by Gasteiger charge is 2.42. The molecular formula is C24H28FNS. The topological polar surface area (TPSA) is 12.9 Å². The van der Waals surface area contributed by atoms with Gasteiger partial charge >= 0.3 is 0 Å². The van der Waals surface area contributed by atoms with E-state index in [1.54, 1.807) is 17.4 Å². The second kappa shape index (κ2) is 7.55. The van der Waals surface area contributed by atoms with Crippen LogP contribution in [0.15, 0.2) is 60.2 Å². The predicted molar refractivity (Wildman–Crippen MR) is 115 cm³/mol. The maximum absolute atomic E-state index is 14.2. The van der Waals surface area contributed by atoms with Crippen molar-refractivity contribution in [3.63, 3.8) is 0 Å². The largest absolute Gasteiger partial charge is 0.241 e. The van der Waals surface area contributed by atoms with Crippen LogP contribution in [0.5, 0.6) is 0 Å². The fraction of sp³-hybridized carbons (Fsp3) is 0.375. The van der Waals surface area contributed by atoms with Gasteiger partial charge in [0.2, 0.25) is 0 Å². The molecule has 0 saturated heterocycles. The minimum Gasteiger partial charge on any atom is -0.241 e. The molecule has 27 heavy (non-hydrogen) atoms. The number of aromatic nitrogens is 1. The van der Waals surface area contributed by atoms with E-state index < -0.39 is 0 Å². The van der Waals surface area contributed by atoms with Crippen molar-refractivity contribution in [3.05, 3.63) is 76.6 Å². The minimum atomic E-state index is -0.205. The SMILES string of the molecule is C=C/C(=C(/C)C(=C)C)C1(CC(C)C)Cc2nc(-c3ccccc3F)sc2C1. The third-order valence-corrected chi connectivity index (χ3v) is 6.64. The molecule has 1 aromatic heterocycles. The second-order valence-corrected chi connectivity index (χ2v) is 9.21. The van der Waals surface area contributed by atoms with E-state index in [0.717, 1.165) is 35.5 Å². The Bertz CT molecular complexity index is 893. The van der Waals surface area contributed by atoms with Crippen molar-refractivity contribution in [1.82, 2.24) is 4.98 Å². The molecule has 0 amide bonds. The van der Waals surface area contributed by atoms with Crippen LogP contribution in [-0.4, -0.2) is 4.98 Å². The predicted octanol–water partition coefficient (Wildman–Crippen LogP) is 7.16. The molecule has 142 valence electrons. The van der Waals surface area contributed by atoms with Crippen molar-refractivity contribution in [2.75, 3.05) is 0 Å². The Kier molecular flexibility index (Phi) is 5.53. The smallest absolute Gasteiger partial charge is 0.133 e. The Labute approximate surface area is 166 Å². The molecule has 0 N–H and O–H groups in total. The Hall–Kier alpha value is -2.00. The van der Waals surface area contributed by atoms with E-state index >= 15 is 0 Å². The number of halogens is 1. The van der Waals surface area contributed by atoms with Crippen LogP contribution in [0.1, 0.15) is 44.7 Å². The molecule has 0 saturated carbocycles. The number of fused-ring (bicyclic) bond motifs is 1. The minimum absolute atomic E-state index is 0.0148. The number of thiazole rings is 1. The van der Waals surface area contributed by atoms with Crippen LogP contribution in [0, 0.1) is 17.2 Å². The standard InChI is InChI=1S/C24H28FNS/c1-7-19(17(6)16(4)5)24(12-15(2)3)13-21-22(14-24)27-23(26-21)18-10-8-9-11-20(18)25/h7-11,15H,1,4,12-14H2,2-3,5-6H3/b19-17+. The summed E-state index contributed by atoms with van der Waals surface area (Å²) in [7, 11) is 0. The average molecular weight is 382 g/mol. The fourth-order valence-corrected chi connectivity index (χ4v) is 5.57. The number of allylic oxidation sites excluding steroid dienone is 4. The molecule has 3 rings (SSSR count). The monoisotopic (exact) mass is 381 g/mol. The van der Waals surface area contributed by atoms with Crippen LogP contribution in [0.3, 0.4) is 0 Å². The molecule has 1 aliphatic rings. The Morgan fingerprint density at radius 3 is 2.56 bits per heavy atom. The highest BCUT2D eigenvalue weighted by atomic mass is 32.1. The molecule has 0 spiro atoms. The molecule has 3 heteroatoms. The van der Waals surface area contributed by atoms with E-state index in [0.29, 0.717) is 11.5 Å². The van der Waals surface area contributed by atoms with Crippen LogP contribution in [-0.2, 0) is 12.8 Å². The van der Waals surface area contributed by atoms with E-state index in [1.165, 1.54) is 22.1 Å². The van der Waals surface area contributed by atoms with Crippen molar-refractivity contribution in [2.45, 2.75) is 47.0 Å². The lowest BCUT2D eigenvalue weighted by Crippen LogP contribution is -2.27. The molecule has 1 nitrogen and oxygen atoms in total. The van der Waals surface area contributed by atoms with E-state index in [1.807, 2.05) is 18.2 Å². The van der Waals surface area contributed by atoms with E-state index in [4.69, 9.17) is 4.98 Å². The summed E-state index contributed by atoms with van der Waals surface area (Å²) in [6.07, 6.45) is 4.92. The van der Waals surface area contributed by atoms with Gasteiger partial charge in [-0.15, -0.1) is 11.3 Å². The quantitative estimate of drug-likeness (QED) is 0.484. The molecular weight excluding hydrogens is 353 g/mol. The third kappa shape index (κ3) is 3.70. The Balaban J connectivity index is 2.03. The number of nitrogens with zero attached hydrogens (tertiary/aromatic N) is 1. The summed E-state index contributed by atoms with van der Waals surface area (Å²) < 4.78 is 14.2. The van der Waals surface area contributed by atoms with Crippen molar-refractivity contribution >= 4 is 11.3 Å². The van der Waals surface area contributed by atoms with Gasteiger partial charge in [-0.1, -0.05) is 50.8 Å². The first-order valence-corrected chi connectivity index (χ1v) is 10.3. The lowest BCUT2D eigenvalue weighted by atomic mass is 9.70. The zero-order valence-corrected chi connectivity index (χ0v) is 17.5. The molecule has 1 aromatic carbocycles. The molecule has 0 bridgehead atoms. The summed E-state index contributed by atoms with van der Waals surface area (Å²) in [5.41, 5.74) is 5.34. The summed E-state index contributed by atoms with van der Waals surface area (Å²) >= 11 is 1.64. The molecule has 2 aromatic rings.